The van der Waals surface area contributed by atoms with Gasteiger partial charge in [-0.2, -0.15) is 0 Å². The summed E-state index contributed by atoms with van der Waals surface area (Å²) in [6, 6.07) is 5.70. The normalized spacial score (nSPS) is 11.1. The lowest BCUT2D eigenvalue weighted by atomic mass is 10.0. The van der Waals surface area contributed by atoms with Gasteiger partial charge >= 0.3 is 5.97 Å². The van der Waals surface area contributed by atoms with Crippen molar-refractivity contribution in [2.45, 2.75) is 20.4 Å². The van der Waals surface area contributed by atoms with Gasteiger partial charge in [0.05, 0.1) is 23.8 Å². The molecule has 0 saturated heterocycles. The van der Waals surface area contributed by atoms with E-state index in [-0.39, 0.29) is 28.6 Å². The molecule has 5 nitrogen and oxygen atoms in total. The number of hydrogen-bond acceptors (Lipinski definition) is 3. The standard InChI is InChI=1S/C17H14FNO4/c1-9-14(17(21)22)12-4-3-5-13(18)15(12)16(20)19(9)8-11-6-7-23-10(11)2/h3-7H,8H2,1-2H3,(H,21,22). The average Bonchev–Trinajstić information content (AvgIpc) is 2.88. The van der Waals surface area contributed by atoms with Crippen LogP contribution in [-0.4, -0.2) is 15.6 Å². The Balaban J connectivity index is 2.38. The number of carboxylic acids is 1. The molecular weight excluding hydrogens is 301 g/mol. The summed E-state index contributed by atoms with van der Waals surface area (Å²) in [6.07, 6.45) is 1.49. The first kappa shape index (κ1) is 15.0. The van der Waals surface area contributed by atoms with Crippen LogP contribution in [0.3, 0.4) is 0 Å². The number of halogens is 1. The van der Waals surface area contributed by atoms with Gasteiger partial charge in [-0.25, -0.2) is 9.18 Å². The average molecular weight is 315 g/mol. The van der Waals surface area contributed by atoms with E-state index in [2.05, 4.69) is 0 Å². The predicted octanol–water partition coefficient (Wildman–Crippen LogP) is 3.10. The number of nitrogens with zero attached hydrogens (tertiary/aromatic N) is 1. The Labute approximate surface area is 130 Å². The van der Waals surface area contributed by atoms with Gasteiger partial charge in [0.25, 0.3) is 5.56 Å². The highest BCUT2D eigenvalue weighted by molar-refractivity contribution is 6.04. The van der Waals surface area contributed by atoms with Crippen molar-refractivity contribution < 1.29 is 18.7 Å². The Morgan fingerprint density at radius 2 is 2.04 bits per heavy atom. The van der Waals surface area contributed by atoms with Crippen LogP contribution < -0.4 is 5.56 Å². The molecule has 0 spiro atoms. The monoisotopic (exact) mass is 315 g/mol. The number of aryl methyl sites for hydroxylation is 1. The summed E-state index contributed by atoms with van der Waals surface area (Å²) in [5.41, 5.74) is 0.393. The summed E-state index contributed by atoms with van der Waals surface area (Å²) in [5, 5.41) is 9.39. The molecule has 2 aromatic heterocycles. The number of aromatic carboxylic acids is 1. The number of benzene rings is 1. The van der Waals surface area contributed by atoms with E-state index in [1.807, 2.05) is 0 Å². The molecule has 0 unspecified atom stereocenters. The molecule has 2 heterocycles. The summed E-state index contributed by atoms with van der Waals surface area (Å²) in [5.74, 6) is -1.30. The minimum Gasteiger partial charge on any atom is -0.478 e. The Morgan fingerprint density at radius 3 is 2.65 bits per heavy atom. The van der Waals surface area contributed by atoms with Gasteiger partial charge in [0.1, 0.15) is 11.6 Å². The van der Waals surface area contributed by atoms with Gasteiger partial charge in [-0.3, -0.25) is 4.79 Å². The van der Waals surface area contributed by atoms with Gasteiger partial charge in [0.2, 0.25) is 0 Å². The van der Waals surface area contributed by atoms with Crippen molar-refractivity contribution >= 4 is 16.7 Å². The number of rotatable bonds is 3. The fourth-order valence-corrected chi connectivity index (χ4v) is 2.77. The van der Waals surface area contributed by atoms with E-state index in [0.717, 1.165) is 11.6 Å². The van der Waals surface area contributed by atoms with Gasteiger partial charge in [-0.1, -0.05) is 12.1 Å². The van der Waals surface area contributed by atoms with E-state index in [9.17, 15) is 19.1 Å². The maximum atomic E-state index is 14.1. The van der Waals surface area contributed by atoms with E-state index in [4.69, 9.17) is 4.42 Å². The third-order valence-corrected chi connectivity index (χ3v) is 4.02. The summed E-state index contributed by atoms with van der Waals surface area (Å²) in [6.45, 7) is 3.41. The van der Waals surface area contributed by atoms with E-state index in [0.29, 0.717) is 5.76 Å². The number of hydrogen-bond donors (Lipinski definition) is 1. The van der Waals surface area contributed by atoms with Crippen LogP contribution in [0.2, 0.25) is 0 Å². The zero-order valence-electron chi connectivity index (χ0n) is 12.6. The number of pyridine rings is 1. The Kier molecular flexibility index (Phi) is 3.52. The fourth-order valence-electron chi connectivity index (χ4n) is 2.77. The van der Waals surface area contributed by atoms with E-state index >= 15 is 0 Å². The number of carboxylic acid groups (broad SMARTS) is 1. The molecular formula is C17H14FNO4. The number of aromatic nitrogens is 1. The largest absolute Gasteiger partial charge is 0.478 e. The lowest BCUT2D eigenvalue weighted by Gasteiger charge is -2.15. The van der Waals surface area contributed by atoms with Gasteiger partial charge in [0, 0.05) is 16.6 Å². The van der Waals surface area contributed by atoms with E-state index in [1.54, 1.807) is 19.9 Å². The van der Waals surface area contributed by atoms with Crippen molar-refractivity contribution in [3.8, 4) is 0 Å². The number of fused-ring (bicyclic) bond motifs is 1. The highest BCUT2D eigenvalue weighted by Gasteiger charge is 2.21. The smallest absolute Gasteiger partial charge is 0.338 e. The van der Waals surface area contributed by atoms with Crippen LogP contribution in [0.5, 0.6) is 0 Å². The lowest BCUT2D eigenvalue weighted by Crippen LogP contribution is -2.27. The van der Waals surface area contributed by atoms with E-state index < -0.39 is 17.3 Å². The molecule has 0 radical (unpaired) electrons. The van der Waals surface area contributed by atoms with Crippen molar-refractivity contribution in [2.24, 2.45) is 0 Å². The fraction of sp³-hybridized carbons (Fsp3) is 0.176. The minimum absolute atomic E-state index is 0.0692. The molecule has 118 valence electrons. The second kappa shape index (κ2) is 5.39. The van der Waals surface area contributed by atoms with Gasteiger partial charge in [-0.15, -0.1) is 0 Å². The van der Waals surface area contributed by atoms with E-state index in [1.165, 1.54) is 23.0 Å². The Bertz CT molecular complexity index is 984. The SMILES string of the molecule is Cc1occc1Cn1c(C)c(C(=O)O)c2cccc(F)c2c1=O. The first-order valence-corrected chi connectivity index (χ1v) is 6.99. The molecule has 0 aliphatic heterocycles. The first-order valence-electron chi connectivity index (χ1n) is 6.99. The van der Waals surface area contributed by atoms with Gasteiger partial charge in [-0.05, 0) is 26.0 Å². The van der Waals surface area contributed by atoms with Crippen LogP contribution in [0.15, 0.2) is 39.7 Å². The number of carbonyl (C=O) groups is 1. The first-order chi connectivity index (χ1) is 10.9. The molecule has 3 aromatic rings. The lowest BCUT2D eigenvalue weighted by molar-refractivity contribution is 0.0697. The molecule has 0 atom stereocenters. The zero-order valence-corrected chi connectivity index (χ0v) is 12.6. The second-order valence-corrected chi connectivity index (χ2v) is 5.32. The Hall–Kier alpha value is -2.89. The summed E-state index contributed by atoms with van der Waals surface area (Å²) >= 11 is 0. The zero-order chi connectivity index (χ0) is 16.7. The summed E-state index contributed by atoms with van der Waals surface area (Å²) < 4.78 is 20.6. The van der Waals surface area contributed by atoms with Crippen molar-refractivity contribution in [1.82, 2.24) is 4.57 Å². The van der Waals surface area contributed by atoms with Crippen LogP contribution in [-0.2, 0) is 6.54 Å². The summed E-state index contributed by atoms with van der Waals surface area (Å²) in [7, 11) is 0. The van der Waals surface area contributed by atoms with Gasteiger partial charge < -0.3 is 14.1 Å². The molecule has 0 amide bonds. The van der Waals surface area contributed by atoms with Crippen LogP contribution >= 0.6 is 0 Å². The molecule has 0 saturated carbocycles. The number of furan rings is 1. The van der Waals surface area contributed by atoms with Gasteiger partial charge in [0.15, 0.2) is 0 Å². The molecule has 0 fully saturated rings. The highest BCUT2D eigenvalue weighted by atomic mass is 19.1. The van der Waals surface area contributed by atoms with Crippen LogP contribution in [0, 0.1) is 19.7 Å². The minimum atomic E-state index is -1.20. The maximum absolute atomic E-state index is 14.1. The van der Waals surface area contributed by atoms with Crippen molar-refractivity contribution in [2.75, 3.05) is 0 Å². The molecule has 6 heteroatoms. The molecule has 0 bridgehead atoms. The summed E-state index contributed by atoms with van der Waals surface area (Å²) in [4.78, 5) is 24.3. The quantitative estimate of drug-likeness (QED) is 0.806. The molecule has 1 N–H and O–H groups in total. The topological polar surface area (TPSA) is 72.4 Å². The van der Waals surface area contributed by atoms with Crippen LogP contribution in [0.25, 0.3) is 10.8 Å². The third kappa shape index (κ3) is 2.32. The van der Waals surface area contributed by atoms with Crippen LogP contribution in [0.1, 0.15) is 27.4 Å². The molecule has 0 aliphatic rings. The van der Waals surface area contributed by atoms with Crippen LogP contribution in [0.4, 0.5) is 4.39 Å². The van der Waals surface area contributed by atoms with Crippen molar-refractivity contribution in [3.63, 3.8) is 0 Å². The molecule has 3 rings (SSSR count). The predicted molar refractivity (Wildman–Crippen MR) is 82.4 cm³/mol. The van der Waals surface area contributed by atoms with Crippen molar-refractivity contribution in [3.05, 3.63) is 69.3 Å². The maximum Gasteiger partial charge on any atom is 0.338 e. The molecule has 0 aliphatic carbocycles. The Morgan fingerprint density at radius 1 is 1.30 bits per heavy atom. The third-order valence-electron chi connectivity index (χ3n) is 4.02. The van der Waals surface area contributed by atoms with Crippen molar-refractivity contribution in [1.29, 1.82) is 0 Å². The molecule has 1 aromatic carbocycles. The molecule has 23 heavy (non-hydrogen) atoms. The second-order valence-electron chi connectivity index (χ2n) is 5.32. The highest BCUT2D eigenvalue weighted by Crippen LogP contribution is 2.23.